The van der Waals surface area contributed by atoms with Crippen LogP contribution in [0.25, 0.3) is 0 Å². The maximum atomic E-state index is 13.0. The molecule has 1 aromatic carbocycles. The molecule has 2 aromatic heterocycles. The second-order valence-corrected chi connectivity index (χ2v) is 8.20. The number of carbonyl (C=O) groups is 1. The lowest BCUT2D eigenvalue weighted by Crippen LogP contribution is -2.43. The zero-order valence-electron chi connectivity index (χ0n) is 19.1. The molecule has 3 aromatic rings. The van der Waals surface area contributed by atoms with Crippen molar-refractivity contribution < 1.29 is 14.3 Å². The van der Waals surface area contributed by atoms with E-state index in [4.69, 9.17) is 9.47 Å². The first-order valence-corrected chi connectivity index (χ1v) is 11.2. The Bertz CT molecular complexity index is 1020. The molecule has 2 atom stereocenters. The summed E-state index contributed by atoms with van der Waals surface area (Å²) in [6.07, 6.45) is 5.44. The van der Waals surface area contributed by atoms with E-state index < -0.39 is 0 Å². The molecule has 7 nitrogen and oxygen atoms in total. The van der Waals surface area contributed by atoms with Gasteiger partial charge in [-0.25, -0.2) is 0 Å². The third kappa shape index (κ3) is 5.49. The molecule has 2 unspecified atom stereocenters. The normalized spacial score (nSPS) is 17.2. The van der Waals surface area contributed by atoms with Gasteiger partial charge in [0.15, 0.2) is 0 Å². The van der Waals surface area contributed by atoms with Crippen molar-refractivity contribution in [2.45, 2.75) is 25.4 Å². The van der Waals surface area contributed by atoms with E-state index in [0.29, 0.717) is 12.2 Å². The van der Waals surface area contributed by atoms with Crippen molar-refractivity contribution in [1.29, 1.82) is 0 Å². The molecule has 7 heteroatoms. The molecule has 1 aliphatic rings. The maximum absolute atomic E-state index is 13.0. The molecule has 33 heavy (non-hydrogen) atoms. The quantitative estimate of drug-likeness (QED) is 0.566. The largest absolute Gasteiger partial charge is 0.496 e. The van der Waals surface area contributed by atoms with Crippen LogP contribution in [0.1, 0.15) is 40.6 Å². The van der Waals surface area contributed by atoms with Crippen LogP contribution in [-0.2, 0) is 6.54 Å². The number of piperidine rings is 1. The first-order valence-electron chi connectivity index (χ1n) is 11.2. The molecule has 0 bridgehead atoms. The lowest BCUT2D eigenvalue weighted by Gasteiger charge is -2.37. The summed E-state index contributed by atoms with van der Waals surface area (Å²) in [4.78, 5) is 24.1. The number of aromatic nitrogens is 2. The number of hydrogen-bond acceptors (Lipinski definition) is 6. The number of nitrogens with zero attached hydrogens (tertiary/aromatic N) is 3. The average Bonchev–Trinajstić information content (AvgIpc) is 2.88. The monoisotopic (exact) mass is 446 g/mol. The van der Waals surface area contributed by atoms with E-state index in [9.17, 15) is 4.79 Å². The van der Waals surface area contributed by atoms with E-state index in [1.807, 2.05) is 42.5 Å². The van der Waals surface area contributed by atoms with Crippen molar-refractivity contribution in [2.75, 3.05) is 27.3 Å². The Morgan fingerprint density at radius 3 is 2.39 bits per heavy atom. The molecule has 1 fully saturated rings. The Hall–Kier alpha value is -3.45. The minimum absolute atomic E-state index is 0.185. The zero-order valence-corrected chi connectivity index (χ0v) is 19.1. The van der Waals surface area contributed by atoms with Gasteiger partial charge in [0.25, 0.3) is 5.91 Å². The maximum Gasteiger partial charge on any atom is 0.270 e. The molecule has 1 aliphatic heterocycles. The minimum atomic E-state index is -0.205. The van der Waals surface area contributed by atoms with Crippen LogP contribution in [0.15, 0.2) is 67.0 Å². The number of amides is 1. The van der Waals surface area contributed by atoms with E-state index in [1.165, 1.54) is 0 Å². The predicted octanol–water partition coefficient (Wildman–Crippen LogP) is 3.88. The molecular formula is C26H30N4O3. The number of hydrogen-bond donors (Lipinski definition) is 1. The van der Waals surface area contributed by atoms with Gasteiger partial charge < -0.3 is 14.8 Å². The fourth-order valence-electron chi connectivity index (χ4n) is 4.52. The highest BCUT2D eigenvalue weighted by atomic mass is 16.5. The van der Waals surface area contributed by atoms with Gasteiger partial charge in [0.1, 0.15) is 17.2 Å². The van der Waals surface area contributed by atoms with Crippen LogP contribution in [-0.4, -0.2) is 48.1 Å². The number of likely N-dealkylation sites (tertiary alicyclic amines) is 1. The lowest BCUT2D eigenvalue weighted by molar-refractivity contribution is 0.0869. The van der Waals surface area contributed by atoms with Crippen molar-refractivity contribution in [3.8, 4) is 11.5 Å². The van der Waals surface area contributed by atoms with Crippen molar-refractivity contribution >= 4 is 5.91 Å². The van der Waals surface area contributed by atoms with Crippen LogP contribution in [0.4, 0.5) is 0 Å². The van der Waals surface area contributed by atoms with Gasteiger partial charge in [-0.05, 0) is 61.7 Å². The van der Waals surface area contributed by atoms with E-state index >= 15 is 0 Å². The molecule has 4 rings (SSSR count). The second-order valence-electron chi connectivity index (χ2n) is 8.20. The van der Waals surface area contributed by atoms with Crippen LogP contribution in [0, 0.1) is 5.92 Å². The minimum Gasteiger partial charge on any atom is -0.496 e. The summed E-state index contributed by atoms with van der Waals surface area (Å²) in [6, 6.07) is 16.8. The highest BCUT2D eigenvalue weighted by Crippen LogP contribution is 2.34. The molecule has 172 valence electrons. The van der Waals surface area contributed by atoms with Gasteiger partial charge in [0.2, 0.25) is 0 Å². The molecule has 0 spiro atoms. The summed E-state index contributed by atoms with van der Waals surface area (Å²) in [7, 11) is 3.36. The predicted molar refractivity (Wildman–Crippen MR) is 126 cm³/mol. The number of carbonyl (C=O) groups excluding carboxylic acids is 1. The third-order valence-electron chi connectivity index (χ3n) is 6.12. The fraction of sp³-hybridized carbons (Fsp3) is 0.346. The van der Waals surface area contributed by atoms with Gasteiger partial charge in [-0.2, -0.15) is 0 Å². The Kier molecular flexibility index (Phi) is 7.52. The number of benzene rings is 1. The summed E-state index contributed by atoms with van der Waals surface area (Å²) < 4.78 is 11.2. The second kappa shape index (κ2) is 10.9. The van der Waals surface area contributed by atoms with Crippen LogP contribution in [0.5, 0.6) is 11.5 Å². The van der Waals surface area contributed by atoms with Gasteiger partial charge in [0.05, 0.1) is 31.5 Å². The number of pyridine rings is 2. The van der Waals surface area contributed by atoms with Crippen LogP contribution in [0.3, 0.4) is 0 Å². The molecule has 1 N–H and O–H groups in total. The van der Waals surface area contributed by atoms with Crippen LogP contribution < -0.4 is 14.8 Å². The van der Waals surface area contributed by atoms with Crippen molar-refractivity contribution in [2.24, 2.45) is 5.92 Å². The Balaban J connectivity index is 1.55. The smallest absolute Gasteiger partial charge is 0.270 e. The van der Waals surface area contributed by atoms with Crippen molar-refractivity contribution in [3.63, 3.8) is 0 Å². The van der Waals surface area contributed by atoms with E-state index in [-0.39, 0.29) is 17.9 Å². The van der Waals surface area contributed by atoms with Gasteiger partial charge in [-0.1, -0.05) is 18.2 Å². The number of methoxy groups -OCH3 is 2. The SMILES string of the molecule is COc1cccc(OC)c1CN1CCCC(C(NC(=O)c2ccccn2)c2ccccn2)C1. The van der Waals surface area contributed by atoms with Gasteiger partial charge >= 0.3 is 0 Å². The summed E-state index contributed by atoms with van der Waals surface area (Å²) in [5, 5.41) is 3.21. The average molecular weight is 447 g/mol. The Morgan fingerprint density at radius 1 is 1.03 bits per heavy atom. The third-order valence-corrected chi connectivity index (χ3v) is 6.12. The molecule has 0 aliphatic carbocycles. The van der Waals surface area contributed by atoms with E-state index in [0.717, 1.165) is 48.7 Å². The number of nitrogens with one attached hydrogen (secondary N) is 1. The Morgan fingerprint density at radius 2 is 1.76 bits per heavy atom. The van der Waals surface area contributed by atoms with E-state index in [1.54, 1.807) is 38.7 Å². The molecular weight excluding hydrogens is 416 g/mol. The number of rotatable bonds is 8. The number of ether oxygens (including phenoxy) is 2. The first kappa shape index (κ1) is 22.7. The van der Waals surface area contributed by atoms with Crippen molar-refractivity contribution in [1.82, 2.24) is 20.2 Å². The summed E-state index contributed by atoms with van der Waals surface area (Å²) in [6.45, 7) is 2.51. The fourth-order valence-corrected chi connectivity index (χ4v) is 4.52. The van der Waals surface area contributed by atoms with Crippen LogP contribution in [0.2, 0.25) is 0 Å². The van der Waals surface area contributed by atoms with Gasteiger partial charge in [-0.15, -0.1) is 0 Å². The van der Waals surface area contributed by atoms with E-state index in [2.05, 4.69) is 20.2 Å². The topological polar surface area (TPSA) is 76.6 Å². The molecule has 1 amide bonds. The summed E-state index contributed by atoms with van der Waals surface area (Å²) >= 11 is 0. The van der Waals surface area contributed by atoms with Gasteiger partial charge in [0, 0.05) is 25.5 Å². The molecule has 0 radical (unpaired) electrons. The Labute approximate surface area is 194 Å². The van der Waals surface area contributed by atoms with Crippen molar-refractivity contribution in [3.05, 3.63) is 83.9 Å². The molecule has 1 saturated heterocycles. The highest BCUT2D eigenvalue weighted by molar-refractivity contribution is 5.92. The zero-order chi connectivity index (χ0) is 23.0. The summed E-state index contributed by atoms with van der Waals surface area (Å²) in [5.41, 5.74) is 2.31. The highest BCUT2D eigenvalue weighted by Gasteiger charge is 2.31. The molecule has 0 saturated carbocycles. The van der Waals surface area contributed by atoms with Crippen LogP contribution >= 0.6 is 0 Å². The first-order chi connectivity index (χ1) is 16.2. The summed E-state index contributed by atoms with van der Waals surface area (Å²) in [5.74, 6) is 1.67. The molecule has 3 heterocycles. The standard InChI is InChI=1S/C26H30N4O3/c1-32-23-12-7-13-24(33-2)20(23)18-30-16-8-9-19(17-30)25(21-10-3-5-14-27-21)29-26(31)22-11-4-6-15-28-22/h3-7,10-15,19,25H,8-9,16-18H2,1-2H3,(H,29,31). The van der Waals surface area contributed by atoms with Gasteiger partial charge in [-0.3, -0.25) is 19.7 Å². The lowest BCUT2D eigenvalue weighted by atomic mass is 9.88.